The van der Waals surface area contributed by atoms with Crippen LogP contribution in [0.15, 0.2) is 24.3 Å². The molecule has 5 aliphatic carbocycles. The summed E-state index contributed by atoms with van der Waals surface area (Å²) in [4.78, 5) is 104. The summed E-state index contributed by atoms with van der Waals surface area (Å²) < 4.78 is 43.0. The maximum atomic E-state index is 13.4. The van der Waals surface area contributed by atoms with E-state index >= 15 is 0 Å². The largest absolute Gasteiger partial charge is 0.508 e. The molecule has 5 fully saturated rings. The van der Waals surface area contributed by atoms with Gasteiger partial charge in [0.25, 0.3) is 0 Å². The van der Waals surface area contributed by atoms with Gasteiger partial charge in [-0.05, 0) is 270 Å². The smallest absolute Gasteiger partial charge is 0.465 e. The van der Waals surface area contributed by atoms with Gasteiger partial charge in [0.15, 0.2) is 0 Å². The monoisotopic (exact) mass is 1320 g/mol. The molecule has 5 saturated carbocycles. The molecule has 0 bridgehead atoms. The summed E-state index contributed by atoms with van der Waals surface area (Å²) in [7, 11) is 0. The molecule has 0 radical (unpaired) electrons. The number of unbranched alkanes of at least 4 members (excludes halogenated alkanes) is 6. The molecular formula is C74H124N4O16. The van der Waals surface area contributed by atoms with Crippen molar-refractivity contribution in [3.8, 4) is 0 Å². The van der Waals surface area contributed by atoms with Crippen LogP contribution in [0.3, 0.4) is 0 Å². The van der Waals surface area contributed by atoms with Crippen LogP contribution in [0.1, 0.15) is 261 Å². The van der Waals surface area contributed by atoms with Gasteiger partial charge < -0.3 is 58.3 Å². The minimum atomic E-state index is -0.676. The number of rotatable bonds is 36. The van der Waals surface area contributed by atoms with E-state index in [1.807, 2.05) is 46.4 Å². The number of nitrogens with zero attached hydrogens (tertiary/aromatic N) is 2. The van der Waals surface area contributed by atoms with Crippen LogP contribution >= 0.6 is 0 Å². The average molecular weight is 1330 g/mol. The lowest BCUT2D eigenvalue weighted by Crippen LogP contribution is -2.54. The van der Waals surface area contributed by atoms with Crippen molar-refractivity contribution in [3.05, 3.63) is 24.3 Å². The quantitative estimate of drug-likeness (QED) is 0.0256. The summed E-state index contributed by atoms with van der Waals surface area (Å²) in [6, 6.07) is 0.141. The number of ether oxygens (including phenoxy) is 8. The molecule has 0 aromatic carbocycles. The second kappa shape index (κ2) is 42.2. The first-order valence-corrected chi connectivity index (χ1v) is 36.5. The normalized spacial score (nSPS) is 24.0. The summed E-state index contributed by atoms with van der Waals surface area (Å²) in [6.45, 7) is 25.4. The fourth-order valence-electron chi connectivity index (χ4n) is 14.6. The van der Waals surface area contributed by atoms with E-state index in [0.29, 0.717) is 118 Å². The molecule has 2 N–H and O–H groups in total. The Kier molecular flexibility index (Phi) is 35.5. The Morgan fingerprint density at radius 3 is 1.13 bits per heavy atom. The van der Waals surface area contributed by atoms with Gasteiger partial charge in [0, 0.05) is 47.1 Å². The number of esters is 3. The van der Waals surface area contributed by atoms with Crippen LogP contribution in [-0.4, -0.2) is 147 Å². The van der Waals surface area contributed by atoms with Crippen molar-refractivity contribution in [2.24, 2.45) is 47.3 Å². The molecule has 20 nitrogen and oxygen atoms in total. The van der Waals surface area contributed by atoms with Crippen molar-refractivity contribution in [2.75, 3.05) is 65.9 Å². The third-order valence-corrected chi connectivity index (χ3v) is 20.3. The van der Waals surface area contributed by atoms with Gasteiger partial charge in [0.05, 0.1) is 52.7 Å². The molecule has 0 heterocycles. The van der Waals surface area contributed by atoms with Gasteiger partial charge in [-0.1, -0.05) is 38.8 Å². The van der Waals surface area contributed by atoms with Gasteiger partial charge in [-0.3, -0.25) is 9.59 Å². The third-order valence-electron chi connectivity index (χ3n) is 20.3. The molecule has 536 valence electrons. The SMILES string of the molecule is C=C(C)C(=O)OCCN(C(=O)CC1CCC(CC2CCC(CC(=O)OCC3CCC(COC(=O)OCCCCCCOC(=O)OCCCCCCOC(=O)NC4CCC(CC5CCC(NC(=O)N(CCOC(=O)C(=C)C)C(C)(C)C)CC5)CC4)CC3)CC2)CC1)C(C)(C)C. The fourth-order valence-corrected chi connectivity index (χ4v) is 14.6. The Hall–Kier alpha value is -5.56. The van der Waals surface area contributed by atoms with E-state index in [4.69, 9.17) is 37.9 Å². The molecule has 0 spiro atoms. The van der Waals surface area contributed by atoms with Crippen LogP contribution in [0.4, 0.5) is 19.2 Å². The van der Waals surface area contributed by atoms with Crippen molar-refractivity contribution >= 4 is 48.3 Å². The highest BCUT2D eigenvalue weighted by atomic mass is 16.7. The number of carbonyl (C=O) groups is 8. The minimum Gasteiger partial charge on any atom is -0.465 e. The zero-order valence-corrected chi connectivity index (χ0v) is 59.3. The van der Waals surface area contributed by atoms with Crippen LogP contribution in [0.2, 0.25) is 0 Å². The van der Waals surface area contributed by atoms with Crippen molar-refractivity contribution in [2.45, 2.75) is 284 Å². The number of nitrogens with one attached hydrogen (secondary N) is 2. The Bertz CT molecular complexity index is 2330. The van der Waals surface area contributed by atoms with Crippen molar-refractivity contribution in [1.82, 2.24) is 20.4 Å². The van der Waals surface area contributed by atoms with E-state index in [1.165, 1.54) is 38.5 Å². The van der Waals surface area contributed by atoms with E-state index in [-0.39, 0.29) is 80.6 Å². The van der Waals surface area contributed by atoms with Gasteiger partial charge >= 0.3 is 42.3 Å². The van der Waals surface area contributed by atoms with Crippen LogP contribution in [0.25, 0.3) is 0 Å². The number of hydrogen-bond acceptors (Lipinski definition) is 16. The maximum Gasteiger partial charge on any atom is 0.508 e. The molecule has 0 aliphatic heterocycles. The van der Waals surface area contributed by atoms with Crippen LogP contribution in [0.5, 0.6) is 0 Å². The van der Waals surface area contributed by atoms with E-state index in [2.05, 4.69) is 23.8 Å². The molecule has 4 amide bonds. The standard InChI is InChI=1S/C74H124N4O16/c1-53(2)67(81)87-45-39-77(73(5,6)7)65(79)49-59-23-19-55(20-24-59)47-56-21-25-60(26-22-56)50-66(80)93-51-61-27-29-62(30-28-61)52-94-72(86)92-44-18-14-13-17-43-91-71(85)90-42-16-12-11-15-41-89-70(84)76-64-37-33-58(34-38-64)48-57-31-35-63(36-32-57)75-69(83)78(74(8,9)10)40-46-88-68(82)54(3)4/h55-64H,1,3,11-52H2,2,4-10H3,(H,75,83)(H,76,84). The summed E-state index contributed by atoms with van der Waals surface area (Å²) in [5.41, 5.74) is -0.0820. The van der Waals surface area contributed by atoms with Crippen molar-refractivity contribution < 1.29 is 76.3 Å². The Balaban J connectivity index is 0.751. The first-order valence-electron chi connectivity index (χ1n) is 36.5. The Labute approximate surface area is 564 Å². The fraction of sp³-hybridized carbons (Fsp3) is 0.838. The topological polar surface area (TPSA) is 241 Å². The number of alkyl carbamates (subject to hydrolysis) is 1. The lowest BCUT2D eigenvalue weighted by molar-refractivity contribution is -0.147. The number of hydrogen-bond donors (Lipinski definition) is 2. The molecule has 0 aromatic heterocycles. The van der Waals surface area contributed by atoms with Gasteiger partial charge in [-0.15, -0.1) is 0 Å². The predicted molar refractivity (Wildman–Crippen MR) is 361 cm³/mol. The lowest BCUT2D eigenvalue weighted by Gasteiger charge is -2.38. The van der Waals surface area contributed by atoms with Gasteiger partial charge in [0.1, 0.15) is 13.2 Å². The number of carbonyl (C=O) groups excluding carboxylic acids is 8. The molecule has 0 saturated heterocycles. The van der Waals surface area contributed by atoms with E-state index in [9.17, 15) is 38.4 Å². The Morgan fingerprint density at radius 2 is 0.713 bits per heavy atom. The predicted octanol–water partition coefficient (Wildman–Crippen LogP) is 15.5. The molecule has 5 aliphatic rings. The Morgan fingerprint density at radius 1 is 0.372 bits per heavy atom. The zero-order chi connectivity index (χ0) is 68.5. The van der Waals surface area contributed by atoms with Crippen molar-refractivity contribution in [3.63, 3.8) is 0 Å². The van der Waals surface area contributed by atoms with E-state index in [1.54, 1.807) is 18.7 Å². The molecular weight excluding hydrogens is 1200 g/mol. The highest BCUT2D eigenvalue weighted by Crippen LogP contribution is 2.41. The lowest BCUT2D eigenvalue weighted by atomic mass is 9.72. The average Bonchev–Trinajstić information content (AvgIpc) is 1.21. The van der Waals surface area contributed by atoms with E-state index < -0.39 is 29.8 Å². The van der Waals surface area contributed by atoms with Crippen LogP contribution in [0, 0.1) is 47.3 Å². The molecule has 0 unspecified atom stereocenters. The van der Waals surface area contributed by atoms with Crippen molar-refractivity contribution in [1.29, 1.82) is 0 Å². The van der Waals surface area contributed by atoms with Crippen LogP contribution in [-0.2, 0) is 57.1 Å². The highest BCUT2D eigenvalue weighted by molar-refractivity contribution is 5.87. The zero-order valence-electron chi connectivity index (χ0n) is 59.3. The maximum absolute atomic E-state index is 13.4. The van der Waals surface area contributed by atoms with E-state index in [0.717, 1.165) is 135 Å². The van der Waals surface area contributed by atoms with Gasteiger partial charge in [-0.2, -0.15) is 0 Å². The third kappa shape index (κ3) is 32.0. The minimum absolute atomic E-state index is 0.0807. The second-order valence-corrected chi connectivity index (χ2v) is 30.4. The summed E-state index contributed by atoms with van der Waals surface area (Å²) in [5, 5.41) is 6.31. The second-order valence-electron chi connectivity index (χ2n) is 30.4. The number of amides is 4. The first-order chi connectivity index (χ1) is 44.8. The molecule has 94 heavy (non-hydrogen) atoms. The summed E-state index contributed by atoms with van der Waals surface area (Å²) in [6.07, 6.45) is 28.7. The molecule has 5 rings (SSSR count). The summed E-state index contributed by atoms with van der Waals surface area (Å²) >= 11 is 0. The molecule has 20 heteroatoms. The summed E-state index contributed by atoms with van der Waals surface area (Å²) in [5.74, 6) is 3.26. The first kappa shape index (κ1) is 79.1. The number of urea groups is 1. The van der Waals surface area contributed by atoms with Gasteiger partial charge in [0.2, 0.25) is 5.91 Å². The highest BCUT2D eigenvalue weighted by Gasteiger charge is 2.35. The van der Waals surface area contributed by atoms with Crippen LogP contribution < -0.4 is 10.6 Å². The molecule has 0 aromatic rings. The molecule has 0 atom stereocenters. The van der Waals surface area contributed by atoms with Gasteiger partial charge in [-0.25, -0.2) is 28.8 Å².